The average molecular weight is 387 g/mol. The van der Waals surface area contributed by atoms with E-state index in [1.54, 1.807) is 5.38 Å². The van der Waals surface area contributed by atoms with Gasteiger partial charge in [0.15, 0.2) is 0 Å². The maximum Gasteiger partial charge on any atom is 0.211 e. The Morgan fingerprint density at radius 3 is 2.56 bits per heavy atom. The van der Waals surface area contributed by atoms with E-state index >= 15 is 0 Å². The molecule has 0 N–H and O–H groups in total. The van der Waals surface area contributed by atoms with Gasteiger partial charge in [0, 0.05) is 25.0 Å². The van der Waals surface area contributed by atoms with E-state index in [0.29, 0.717) is 31.9 Å². The lowest BCUT2D eigenvalue weighted by atomic mass is 10.1. The van der Waals surface area contributed by atoms with E-state index in [-0.39, 0.29) is 5.56 Å². The summed E-state index contributed by atoms with van der Waals surface area (Å²) >= 11 is 1.35. The molecule has 3 rings (SSSR count). The Morgan fingerprint density at radius 1 is 1.16 bits per heavy atom. The highest BCUT2D eigenvalue weighted by Crippen LogP contribution is 2.27. The number of thiazole rings is 1. The van der Waals surface area contributed by atoms with Crippen LogP contribution in [0.1, 0.15) is 11.4 Å². The van der Waals surface area contributed by atoms with Crippen molar-refractivity contribution in [2.24, 2.45) is 0 Å². The van der Waals surface area contributed by atoms with E-state index in [0.717, 1.165) is 18.0 Å². The summed E-state index contributed by atoms with van der Waals surface area (Å²) in [4.78, 5) is 6.48. The summed E-state index contributed by atoms with van der Waals surface area (Å²) in [7, 11) is -3.18. The maximum atomic E-state index is 13.9. The van der Waals surface area contributed by atoms with Gasteiger partial charge in [0.05, 0.1) is 24.1 Å². The molecule has 1 aliphatic rings. The number of nitrogens with zero attached hydrogens (tertiary/aromatic N) is 3. The van der Waals surface area contributed by atoms with Crippen molar-refractivity contribution < 1.29 is 17.2 Å². The first kappa shape index (κ1) is 18.4. The number of rotatable bonds is 4. The van der Waals surface area contributed by atoms with Crippen LogP contribution in [0.4, 0.5) is 8.78 Å². The first-order valence-electron chi connectivity index (χ1n) is 7.91. The Kier molecular flexibility index (Phi) is 5.47. The van der Waals surface area contributed by atoms with E-state index in [2.05, 4.69) is 9.88 Å². The molecule has 0 amide bonds. The van der Waals surface area contributed by atoms with Crippen LogP contribution in [-0.2, 0) is 16.6 Å². The smallest absolute Gasteiger partial charge is 0.211 e. The fourth-order valence-corrected chi connectivity index (χ4v) is 4.57. The molecule has 1 fully saturated rings. The van der Waals surface area contributed by atoms with Gasteiger partial charge in [-0.1, -0.05) is 6.07 Å². The van der Waals surface area contributed by atoms with Crippen molar-refractivity contribution in [2.75, 3.05) is 32.4 Å². The van der Waals surface area contributed by atoms with Crippen LogP contribution in [0.2, 0.25) is 0 Å². The van der Waals surface area contributed by atoms with Gasteiger partial charge in [-0.3, -0.25) is 4.90 Å². The highest BCUT2D eigenvalue weighted by atomic mass is 32.2. The molecular formula is C16H19F2N3O2S2. The van der Waals surface area contributed by atoms with Crippen LogP contribution in [-0.4, -0.2) is 55.0 Å². The van der Waals surface area contributed by atoms with Crippen molar-refractivity contribution in [3.8, 4) is 11.3 Å². The Morgan fingerprint density at radius 2 is 1.88 bits per heavy atom. The molecule has 9 heteroatoms. The SMILES string of the molecule is CS(=O)(=O)N1CCCN(Cc2nc(-c3c(F)cccc3F)cs2)CC1. The first-order chi connectivity index (χ1) is 11.8. The maximum absolute atomic E-state index is 13.9. The van der Waals surface area contributed by atoms with Crippen molar-refractivity contribution in [1.29, 1.82) is 0 Å². The summed E-state index contributed by atoms with van der Waals surface area (Å²) in [5.41, 5.74) is 0.187. The fraction of sp³-hybridized carbons (Fsp3) is 0.438. The second kappa shape index (κ2) is 7.45. The summed E-state index contributed by atoms with van der Waals surface area (Å²) in [6.07, 6.45) is 1.96. The number of aromatic nitrogens is 1. The Hall–Kier alpha value is -1.42. The lowest BCUT2D eigenvalue weighted by molar-refractivity contribution is 0.278. The zero-order chi connectivity index (χ0) is 18.0. The summed E-state index contributed by atoms with van der Waals surface area (Å²) in [6, 6.07) is 3.75. The summed E-state index contributed by atoms with van der Waals surface area (Å²) < 4.78 is 52.5. The summed E-state index contributed by atoms with van der Waals surface area (Å²) in [5.74, 6) is -1.26. The minimum Gasteiger partial charge on any atom is -0.295 e. The van der Waals surface area contributed by atoms with Crippen LogP contribution < -0.4 is 0 Å². The van der Waals surface area contributed by atoms with Crippen LogP contribution in [0, 0.1) is 11.6 Å². The third-order valence-corrected chi connectivity index (χ3v) is 6.28. The lowest BCUT2D eigenvalue weighted by Gasteiger charge is -2.19. The van der Waals surface area contributed by atoms with Crippen LogP contribution in [0.3, 0.4) is 0 Å². The summed E-state index contributed by atoms with van der Waals surface area (Å²) in [5, 5.41) is 2.41. The molecular weight excluding hydrogens is 368 g/mol. The van der Waals surface area contributed by atoms with Gasteiger partial charge in [-0.15, -0.1) is 11.3 Å². The van der Waals surface area contributed by atoms with E-state index in [1.807, 2.05) is 0 Å². The molecule has 2 heterocycles. The Balaban J connectivity index is 1.70. The molecule has 1 aromatic carbocycles. The van der Waals surface area contributed by atoms with E-state index < -0.39 is 21.7 Å². The molecule has 1 aromatic heterocycles. The van der Waals surface area contributed by atoms with Gasteiger partial charge in [-0.2, -0.15) is 0 Å². The molecule has 0 aliphatic carbocycles. The lowest BCUT2D eigenvalue weighted by Crippen LogP contribution is -2.34. The van der Waals surface area contributed by atoms with Gasteiger partial charge < -0.3 is 0 Å². The van der Waals surface area contributed by atoms with Crippen LogP contribution in [0.5, 0.6) is 0 Å². The van der Waals surface area contributed by atoms with Crippen LogP contribution in [0.15, 0.2) is 23.6 Å². The molecule has 136 valence electrons. The molecule has 0 unspecified atom stereocenters. The highest BCUT2D eigenvalue weighted by molar-refractivity contribution is 7.88. The van der Waals surface area contributed by atoms with Crippen molar-refractivity contribution >= 4 is 21.4 Å². The van der Waals surface area contributed by atoms with Gasteiger partial charge in [0.25, 0.3) is 0 Å². The van der Waals surface area contributed by atoms with Crippen molar-refractivity contribution in [3.05, 3.63) is 40.2 Å². The van der Waals surface area contributed by atoms with E-state index in [1.165, 1.54) is 40.1 Å². The van der Waals surface area contributed by atoms with Crippen molar-refractivity contribution in [2.45, 2.75) is 13.0 Å². The Bertz CT molecular complexity index is 835. The monoisotopic (exact) mass is 387 g/mol. The van der Waals surface area contributed by atoms with Gasteiger partial charge in [-0.25, -0.2) is 26.5 Å². The minimum atomic E-state index is -3.18. The number of hydrogen-bond acceptors (Lipinski definition) is 5. The topological polar surface area (TPSA) is 53.5 Å². The zero-order valence-corrected chi connectivity index (χ0v) is 15.4. The van der Waals surface area contributed by atoms with Crippen molar-refractivity contribution in [3.63, 3.8) is 0 Å². The highest BCUT2D eigenvalue weighted by Gasteiger charge is 2.22. The Labute approximate surface area is 150 Å². The second-order valence-electron chi connectivity index (χ2n) is 6.01. The zero-order valence-electron chi connectivity index (χ0n) is 13.8. The van der Waals surface area contributed by atoms with Gasteiger partial charge in [0.2, 0.25) is 10.0 Å². The molecule has 0 radical (unpaired) electrons. The van der Waals surface area contributed by atoms with E-state index in [9.17, 15) is 17.2 Å². The number of benzene rings is 1. The first-order valence-corrected chi connectivity index (χ1v) is 10.6. The molecule has 5 nitrogen and oxygen atoms in total. The molecule has 25 heavy (non-hydrogen) atoms. The van der Waals surface area contributed by atoms with Crippen LogP contribution >= 0.6 is 11.3 Å². The third-order valence-electron chi connectivity index (χ3n) is 4.15. The number of hydrogen-bond donors (Lipinski definition) is 0. The van der Waals surface area contributed by atoms with E-state index in [4.69, 9.17) is 0 Å². The molecule has 2 aromatic rings. The molecule has 0 atom stereocenters. The third kappa shape index (κ3) is 4.41. The molecule has 1 aliphatic heterocycles. The fourth-order valence-electron chi connectivity index (χ4n) is 2.87. The number of halogens is 2. The second-order valence-corrected chi connectivity index (χ2v) is 8.94. The molecule has 0 spiro atoms. The predicted molar refractivity (Wildman–Crippen MR) is 93.8 cm³/mol. The van der Waals surface area contributed by atoms with Crippen molar-refractivity contribution in [1.82, 2.24) is 14.2 Å². The number of sulfonamides is 1. The molecule has 1 saturated heterocycles. The largest absolute Gasteiger partial charge is 0.295 e. The minimum absolute atomic E-state index is 0.107. The van der Waals surface area contributed by atoms with Gasteiger partial charge in [-0.05, 0) is 25.1 Å². The quantitative estimate of drug-likeness (QED) is 0.809. The molecule has 0 saturated carbocycles. The average Bonchev–Trinajstić information content (AvgIpc) is 2.83. The van der Waals surface area contributed by atoms with Gasteiger partial charge >= 0.3 is 0 Å². The van der Waals surface area contributed by atoms with Crippen LogP contribution in [0.25, 0.3) is 11.3 Å². The standard InChI is InChI=1S/C16H19F2N3O2S2/c1-25(22,23)21-7-3-6-20(8-9-21)10-15-19-14(11-24-15)16-12(17)4-2-5-13(16)18/h2,4-5,11H,3,6-10H2,1H3. The van der Waals surface area contributed by atoms with Gasteiger partial charge in [0.1, 0.15) is 16.6 Å². The molecule has 0 bridgehead atoms. The summed E-state index contributed by atoms with van der Waals surface area (Å²) in [6.45, 7) is 2.86. The normalized spacial score (nSPS) is 17.6. The predicted octanol–water partition coefficient (Wildman–Crippen LogP) is 2.56.